The molecule has 2 rings (SSSR count). The lowest BCUT2D eigenvalue weighted by molar-refractivity contribution is 0.274. The molecule has 0 spiro atoms. The predicted octanol–water partition coefficient (Wildman–Crippen LogP) is 1.98. The number of rotatable bonds is 2. The highest BCUT2D eigenvalue weighted by Crippen LogP contribution is 2.30. The summed E-state index contributed by atoms with van der Waals surface area (Å²) in [7, 11) is 1.62. The Morgan fingerprint density at radius 1 is 1.43 bits per heavy atom. The number of hydrogen-bond donors (Lipinski definition) is 2. The molecule has 14 heavy (non-hydrogen) atoms. The molecule has 0 atom stereocenters. The van der Waals surface area contributed by atoms with Crippen molar-refractivity contribution in [2.45, 2.75) is 13.5 Å². The molecule has 0 radical (unpaired) electrons. The fraction of sp³-hybridized carbons (Fsp3) is 0.273. The van der Waals surface area contributed by atoms with Gasteiger partial charge < -0.3 is 14.8 Å². The van der Waals surface area contributed by atoms with Crippen molar-refractivity contribution in [2.24, 2.45) is 0 Å². The van der Waals surface area contributed by atoms with Crippen molar-refractivity contribution in [1.29, 1.82) is 0 Å². The van der Waals surface area contributed by atoms with Crippen LogP contribution in [0.5, 0.6) is 5.75 Å². The lowest BCUT2D eigenvalue weighted by atomic mass is 10.1. The summed E-state index contributed by atoms with van der Waals surface area (Å²) in [6.45, 7) is 2.00. The number of fused-ring (bicyclic) bond motifs is 1. The zero-order valence-corrected chi connectivity index (χ0v) is 8.29. The maximum absolute atomic E-state index is 9.13. The molecule has 0 amide bonds. The third-order valence-electron chi connectivity index (χ3n) is 2.34. The van der Waals surface area contributed by atoms with Crippen molar-refractivity contribution in [3.05, 3.63) is 29.5 Å². The van der Waals surface area contributed by atoms with Crippen LogP contribution in [0, 0.1) is 6.92 Å². The molecule has 0 fully saturated rings. The van der Waals surface area contributed by atoms with E-state index in [-0.39, 0.29) is 6.61 Å². The van der Waals surface area contributed by atoms with Crippen LogP contribution in [-0.4, -0.2) is 17.2 Å². The Morgan fingerprint density at radius 3 is 2.86 bits per heavy atom. The molecular weight excluding hydrogens is 178 g/mol. The summed E-state index contributed by atoms with van der Waals surface area (Å²) in [5, 5.41) is 10.2. The van der Waals surface area contributed by atoms with Crippen LogP contribution < -0.4 is 4.74 Å². The Kier molecular flexibility index (Phi) is 2.17. The number of aliphatic hydroxyl groups excluding tert-OH is 1. The second-order valence-corrected chi connectivity index (χ2v) is 3.33. The average Bonchev–Trinajstić information content (AvgIpc) is 2.56. The Bertz CT molecular complexity index is 460. The van der Waals surface area contributed by atoms with Crippen molar-refractivity contribution in [3.8, 4) is 5.75 Å². The SMILES string of the molecule is COc1c(CO)ccc2[nH]c(C)cc12. The molecule has 3 nitrogen and oxygen atoms in total. The Balaban J connectivity index is 2.75. The number of aromatic nitrogens is 1. The molecule has 0 unspecified atom stereocenters. The quantitative estimate of drug-likeness (QED) is 0.762. The highest BCUT2D eigenvalue weighted by molar-refractivity contribution is 5.88. The number of aliphatic hydroxyl groups is 1. The second-order valence-electron chi connectivity index (χ2n) is 3.33. The molecule has 1 aromatic carbocycles. The van der Waals surface area contributed by atoms with E-state index >= 15 is 0 Å². The summed E-state index contributed by atoms with van der Waals surface area (Å²) in [5.41, 5.74) is 2.95. The number of benzene rings is 1. The van der Waals surface area contributed by atoms with Gasteiger partial charge in [-0.25, -0.2) is 0 Å². The molecule has 0 bridgehead atoms. The van der Waals surface area contributed by atoms with Gasteiger partial charge in [-0.3, -0.25) is 0 Å². The molecule has 0 aliphatic heterocycles. The fourth-order valence-corrected chi connectivity index (χ4v) is 1.73. The second kappa shape index (κ2) is 3.35. The minimum absolute atomic E-state index is 0.00331. The number of H-pyrrole nitrogens is 1. The van der Waals surface area contributed by atoms with Crippen LogP contribution in [0.25, 0.3) is 10.9 Å². The van der Waals surface area contributed by atoms with Crippen LogP contribution in [0.3, 0.4) is 0 Å². The van der Waals surface area contributed by atoms with Crippen molar-refractivity contribution in [1.82, 2.24) is 4.98 Å². The van der Waals surface area contributed by atoms with E-state index in [9.17, 15) is 0 Å². The van der Waals surface area contributed by atoms with E-state index in [1.54, 1.807) is 7.11 Å². The molecule has 0 saturated carbocycles. The largest absolute Gasteiger partial charge is 0.496 e. The van der Waals surface area contributed by atoms with Gasteiger partial charge in [0, 0.05) is 22.2 Å². The lowest BCUT2D eigenvalue weighted by Gasteiger charge is -2.06. The molecule has 0 aliphatic carbocycles. The Hall–Kier alpha value is -1.48. The molecule has 0 aliphatic rings. The van der Waals surface area contributed by atoms with Gasteiger partial charge in [-0.15, -0.1) is 0 Å². The summed E-state index contributed by atoms with van der Waals surface area (Å²) >= 11 is 0. The van der Waals surface area contributed by atoms with Gasteiger partial charge in [-0.1, -0.05) is 6.07 Å². The summed E-state index contributed by atoms with van der Waals surface area (Å²) in [6, 6.07) is 5.85. The minimum Gasteiger partial charge on any atom is -0.496 e. The number of nitrogens with one attached hydrogen (secondary N) is 1. The monoisotopic (exact) mass is 191 g/mol. The maximum Gasteiger partial charge on any atom is 0.133 e. The van der Waals surface area contributed by atoms with Crippen molar-refractivity contribution in [2.75, 3.05) is 7.11 Å². The lowest BCUT2D eigenvalue weighted by Crippen LogP contribution is -1.91. The number of hydrogen-bond acceptors (Lipinski definition) is 2. The van der Waals surface area contributed by atoms with E-state index in [0.717, 1.165) is 27.9 Å². The highest BCUT2D eigenvalue weighted by Gasteiger charge is 2.08. The Labute approximate surface area is 82.3 Å². The minimum atomic E-state index is 0.00331. The van der Waals surface area contributed by atoms with Gasteiger partial charge in [-0.2, -0.15) is 0 Å². The van der Waals surface area contributed by atoms with Gasteiger partial charge >= 0.3 is 0 Å². The number of methoxy groups -OCH3 is 1. The molecular formula is C11H13NO2. The number of aromatic amines is 1. The number of ether oxygens (including phenoxy) is 1. The molecule has 74 valence electrons. The first-order chi connectivity index (χ1) is 6.76. The maximum atomic E-state index is 9.13. The predicted molar refractivity (Wildman–Crippen MR) is 55.5 cm³/mol. The van der Waals surface area contributed by atoms with E-state index in [0.29, 0.717) is 0 Å². The van der Waals surface area contributed by atoms with E-state index in [2.05, 4.69) is 4.98 Å². The first-order valence-corrected chi connectivity index (χ1v) is 4.52. The van der Waals surface area contributed by atoms with Gasteiger partial charge in [0.1, 0.15) is 5.75 Å². The Morgan fingerprint density at radius 2 is 2.21 bits per heavy atom. The van der Waals surface area contributed by atoms with Crippen LogP contribution in [-0.2, 0) is 6.61 Å². The molecule has 0 saturated heterocycles. The van der Waals surface area contributed by atoms with Gasteiger partial charge in [0.05, 0.1) is 13.7 Å². The van der Waals surface area contributed by atoms with Gasteiger partial charge in [-0.05, 0) is 19.1 Å². The molecule has 3 heteroatoms. The van der Waals surface area contributed by atoms with Crippen LogP contribution in [0.15, 0.2) is 18.2 Å². The molecule has 1 aromatic heterocycles. The van der Waals surface area contributed by atoms with Gasteiger partial charge in [0.2, 0.25) is 0 Å². The van der Waals surface area contributed by atoms with Crippen LogP contribution in [0.2, 0.25) is 0 Å². The summed E-state index contributed by atoms with van der Waals surface area (Å²) in [6.07, 6.45) is 0. The zero-order chi connectivity index (χ0) is 10.1. The first-order valence-electron chi connectivity index (χ1n) is 4.52. The van der Waals surface area contributed by atoms with Gasteiger partial charge in [0.25, 0.3) is 0 Å². The first kappa shape index (κ1) is 9.09. The topological polar surface area (TPSA) is 45.2 Å². The standard InChI is InChI=1S/C11H13NO2/c1-7-5-9-10(12-7)4-3-8(6-13)11(9)14-2/h3-5,12-13H,6H2,1-2H3. The highest BCUT2D eigenvalue weighted by atomic mass is 16.5. The molecule has 1 heterocycles. The molecule has 2 aromatic rings. The summed E-state index contributed by atoms with van der Waals surface area (Å²) in [4.78, 5) is 3.22. The van der Waals surface area contributed by atoms with Crippen molar-refractivity contribution < 1.29 is 9.84 Å². The van der Waals surface area contributed by atoms with Crippen molar-refractivity contribution >= 4 is 10.9 Å². The number of aryl methyl sites for hydroxylation is 1. The smallest absolute Gasteiger partial charge is 0.133 e. The van der Waals surface area contributed by atoms with E-state index < -0.39 is 0 Å². The molecule has 2 N–H and O–H groups in total. The van der Waals surface area contributed by atoms with Crippen molar-refractivity contribution in [3.63, 3.8) is 0 Å². The normalized spacial score (nSPS) is 10.8. The van der Waals surface area contributed by atoms with Crippen LogP contribution in [0.4, 0.5) is 0 Å². The average molecular weight is 191 g/mol. The zero-order valence-electron chi connectivity index (χ0n) is 8.29. The van der Waals surface area contributed by atoms with E-state index in [4.69, 9.17) is 9.84 Å². The van der Waals surface area contributed by atoms with E-state index in [1.165, 1.54) is 0 Å². The van der Waals surface area contributed by atoms with Crippen LogP contribution in [0.1, 0.15) is 11.3 Å². The van der Waals surface area contributed by atoms with E-state index in [1.807, 2.05) is 25.1 Å². The third-order valence-corrected chi connectivity index (χ3v) is 2.34. The summed E-state index contributed by atoms with van der Waals surface area (Å²) in [5.74, 6) is 0.759. The van der Waals surface area contributed by atoms with Crippen LogP contribution >= 0.6 is 0 Å². The summed E-state index contributed by atoms with van der Waals surface area (Å²) < 4.78 is 5.28. The fourth-order valence-electron chi connectivity index (χ4n) is 1.73. The third kappa shape index (κ3) is 1.26. The van der Waals surface area contributed by atoms with Gasteiger partial charge in [0.15, 0.2) is 0 Å².